The highest BCUT2D eigenvalue weighted by molar-refractivity contribution is 7.89. The summed E-state index contributed by atoms with van der Waals surface area (Å²) in [6, 6.07) is 2.88. The van der Waals surface area contributed by atoms with E-state index in [1.807, 2.05) is 13.8 Å². The van der Waals surface area contributed by atoms with Crippen LogP contribution in [0.25, 0.3) is 0 Å². The van der Waals surface area contributed by atoms with Crippen LogP contribution in [0.15, 0.2) is 23.4 Å². The molecule has 1 aromatic rings. The third-order valence-corrected chi connectivity index (χ3v) is 2.18. The second-order valence-corrected chi connectivity index (χ2v) is 4.55. The molecule has 2 N–H and O–H groups in total. The average molecular weight is 216 g/mol. The number of nitrogens with two attached hydrogens (primary N) is 1. The Kier molecular flexibility index (Phi) is 3.07. The van der Waals surface area contributed by atoms with Gasteiger partial charge in [-0.2, -0.15) is 0 Å². The molecule has 0 aromatic carbocycles. The van der Waals surface area contributed by atoms with Crippen LogP contribution in [-0.2, 0) is 10.0 Å². The summed E-state index contributed by atoms with van der Waals surface area (Å²) in [6.45, 7) is 3.69. The zero-order valence-corrected chi connectivity index (χ0v) is 8.78. The van der Waals surface area contributed by atoms with Crippen LogP contribution in [0.2, 0.25) is 0 Å². The lowest BCUT2D eigenvalue weighted by Gasteiger charge is -2.09. The van der Waals surface area contributed by atoms with E-state index >= 15 is 0 Å². The van der Waals surface area contributed by atoms with Crippen molar-refractivity contribution in [2.45, 2.75) is 25.0 Å². The Morgan fingerprint density at radius 2 is 2.14 bits per heavy atom. The molecule has 0 aliphatic carbocycles. The van der Waals surface area contributed by atoms with E-state index in [0.29, 0.717) is 5.75 Å². The fourth-order valence-corrected chi connectivity index (χ4v) is 1.38. The van der Waals surface area contributed by atoms with Gasteiger partial charge in [0.2, 0.25) is 0 Å². The summed E-state index contributed by atoms with van der Waals surface area (Å²) >= 11 is 0. The highest BCUT2D eigenvalue weighted by Crippen LogP contribution is 2.14. The van der Waals surface area contributed by atoms with Crippen molar-refractivity contribution in [2.75, 3.05) is 0 Å². The number of primary sulfonamides is 1. The smallest absolute Gasteiger partial charge is 0.255 e. The lowest BCUT2D eigenvalue weighted by molar-refractivity contribution is 0.241. The lowest BCUT2D eigenvalue weighted by atomic mass is 10.4. The Morgan fingerprint density at radius 1 is 1.50 bits per heavy atom. The zero-order valence-electron chi connectivity index (χ0n) is 7.97. The highest BCUT2D eigenvalue weighted by Gasteiger charge is 2.10. The molecule has 0 unspecified atom stereocenters. The number of pyridine rings is 1. The van der Waals surface area contributed by atoms with E-state index in [0.717, 1.165) is 0 Å². The van der Waals surface area contributed by atoms with Crippen LogP contribution >= 0.6 is 0 Å². The number of sulfonamides is 1. The molecule has 0 aliphatic rings. The third kappa shape index (κ3) is 2.97. The van der Waals surface area contributed by atoms with Gasteiger partial charge < -0.3 is 4.74 Å². The van der Waals surface area contributed by atoms with Gasteiger partial charge in [0.15, 0.2) is 5.03 Å². The summed E-state index contributed by atoms with van der Waals surface area (Å²) in [5, 5.41) is 4.73. The Labute approximate surface area is 83.0 Å². The van der Waals surface area contributed by atoms with Gasteiger partial charge >= 0.3 is 0 Å². The van der Waals surface area contributed by atoms with Crippen LogP contribution in [0, 0.1) is 0 Å². The Balaban J connectivity index is 3.02. The lowest BCUT2D eigenvalue weighted by Crippen LogP contribution is -2.14. The molecule has 14 heavy (non-hydrogen) atoms. The van der Waals surface area contributed by atoms with E-state index in [1.165, 1.54) is 12.3 Å². The van der Waals surface area contributed by atoms with Gasteiger partial charge in [-0.15, -0.1) is 0 Å². The number of nitrogens with zero attached hydrogens (tertiary/aromatic N) is 1. The van der Waals surface area contributed by atoms with E-state index in [2.05, 4.69) is 4.98 Å². The molecule has 5 nitrogen and oxygen atoms in total. The second kappa shape index (κ2) is 3.93. The van der Waals surface area contributed by atoms with Gasteiger partial charge in [0, 0.05) is 12.3 Å². The maximum atomic E-state index is 10.9. The SMILES string of the molecule is CC(C)Oc1ccnc(S(N)(=O)=O)c1. The van der Waals surface area contributed by atoms with Crippen molar-refractivity contribution in [1.29, 1.82) is 0 Å². The van der Waals surface area contributed by atoms with Crippen LogP contribution in [0.1, 0.15) is 13.8 Å². The van der Waals surface area contributed by atoms with Crippen LogP contribution in [0.5, 0.6) is 5.75 Å². The predicted octanol–water partition coefficient (Wildman–Crippen LogP) is 0.516. The van der Waals surface area contributed by atoms with Crippen molar-refractivity contribution in [3.05, 3.63) is 18.3 Å². The number of hydrogen-bond acceptors (Lipinski definition) is 4. The molecule has 78 valence electrons. The molecule has 1 rings (SSSR count). The van der Waals surface area contributed by atoms with Crippen molar-refractivity contribution in [1.82, 2.24) is 4.98 Å². The minimum absolute atomic E-state index is 0.0225. The van der Waals surface area contributed by atoms with Gasteiger partial charge in [0.25, 0.3) is 10.0 Å². The van der Waals surface area contributed by atoms with Gasteiger partial charge in [0.1, 0.15) is 5.75 Å². The first-order valence-electron chi connectivity index (χ1n) is 4.05. The normalized spacial score (nSPS) is 11.7. The molecule has 0 saturated carbocycles. The molecular weight excluding hydrogens is 204 g/mol. The van der Waals surface area contributed by atoms with Crippen LogP contribution in [0.3, 0.4) is 0 Å². The van der Waals surface area contributed by atoms with E-state index in [-0.39, 0.29) is 11.1 Å². The summed E-state index contributed by atoms with van der Waals surface area (Å²) in [6.07, 6.45) is 1.32. The first-order chi connectivity index (χ1) is 6.39. The monoisotopic (exact) mass is 216 g/mol. The quantitative estimate of drug-likeness (QED) is 0.798. The van der Waals surface area contributed by atoms with Crippen LogP contribution < -0.4 is 9.88 Å². The van der Waals surface area contributed by atoms with Crippen molar-refractivity contribution < 1.29 is 13.2 Å². The van der Waals surface area contributed by atoms with Gasteiger partial charge in [-0.25, -0.2) is 18.5 Å². The standard InChI is InChI=1S/C8H12N2O3S/c1-6(2)13-7-3-4-10-8(5-7)14(9,11)12/h3-6H,1-2H3,(H2,9,11,12). The number of rotatable bonds is 3. The maximum Gasteiger partial charge on any atom is 0.255 e. The maximum absolute atomic E-state index is 10.9. The largest absolute Gasteiger partial charge is 0.491 e. The van der Waals surface area contributed by atoms with Crippen LogP contribution in [0.4, 0.5) is 0 Å². The minimum Gasteiger partial charge on any atom is -0.491 e. The van der Waals surface area contributed by atoms with E-state index in [4.69, 9.17) is 9.88 Å². The summed E-state index contributed by atoms with van der Waals surface area (Å²) in [5.74, 6) is 0.444. The fourth-order valence-electron chi connectivity index (χ4n) is 0.892. The number of aromatic nitrogens is 1. The van der Waals surface area contributed by atoms with Crippen molar-refractivity contribution >= 4 is 10.0 Å². The van der Waals surface area contributed by atoms with Crippen molar-refractivity contribution in [3.8, 4) is 5.75 Å². The van der Waals surface area contributed by atoms with Crippen molar-refractivity contribution in [3.63, 3.8) is 0 Å². The average Bonchev–Trinajstić information content (AvgIpc) is 2.01. The molecule has 0 atom stereocenters. The molecular formula is C8H12N2O3S. The topological polar surface area (TPSA) is 82.3 Å². The molecule has 0 fully saturated rings. The fraction of sp³-hybridized carbons (Fsp3) is 0.375. The summed E-state index contributed by atoms with van der Waals surface area (Å²) in [7, 11) is -3.75. The highest BCUT2D eigenvalue weighted by atomic mass is 32.2. The summed E-state index contributed by atoms with van der Waals surface area (Å²) < 4.78 is 27.2. The Morgan fingerprint density at radius 3 is 2.64 bits per heavy atom. The Bertz CT molecular complexity index is 414. The molecule has 6 heteroatoms. The summed E-state index contributed by atoms with van der Waals surface area (Å²) in [4.78, 5) is 3.62. The zero-order chi connectivity index (χ0) is 10.8. The predicted molar refractivity (Wildman–Crippen MR) is 51.4 cm³/mol. The second-order valence-electron chi connectivity index (χ2n) is 3.04. The molecule has 0 aliphatic heterocycles. The van der Waals surface area contributed by atoms with Gasteiger partial charge in [-0.1, -0.05) is 0 Å². The van der Waals surface area contributed by atoms with Gasteiger partial charge in [-0.05, 0) is 19.9 Å². The van der Waals surface area contributed by atoms with E-state index in [1.54, 1.807) is 6.07 Å². The first kappa shape index (κ1) is 10.9. The van der Waals surface area contributed by atoms with Gasteiger partial charge in [0.05, 0.1) is 6.10 Å². The van der Waals surface area contributed by atoms with E-state index in [9.17, 15) is 8.42 Å². The summed E-state index contributed by atoms with van der Waals surface area (Å²) in [5.41, 5.74) is 0. The molecule has 0 radical (unpaired) electrons. The number of ether oxygens (including phenoxy) is 1. The molecule has 1 heterocycles. The van der Waals surface area contributed by atoms with E-state index < -0.39 is 10.0 Å². The Hall–Kier alpha value is -1.14. The molecule has 1 aromatic heterocycles. The molecule has 0 bridgehead atoms. The molecule has 0 spiro atoms. The molecule has 0 amide bonds. The van der Waals surface area contributed by atoms with Gasteiger partial charge in [-0.3, -0.25) is 0 Å². The van der Waals surface area contributed by atoms with Crippen LogP contribution in [-0.4, -0.2) is 19.5 Å². The first-order valence-corrected chi connectivity index (χ1v) is 5.60. The molecule has 0 saturated heterocycles. The van der Waals surface area contributed by atoms with Crippen molar-refractivity contribution in [2.24, 2.45) is 5.14 Å². The number of hydrogen-bond donors (Lipinski definition) is 1. The third-order valence-electron chi connectivity index (χ3n) is 1.37. The minimum atomic E-state index is -3.75.